The Morgan fingerprint density at radius 2 is 2.22 bits per heavy atom. The summed E-state index contributed by atoms with van der Waals surface area (Å²) in [6.45, 7) is 3.36. The van der Waals surface area contributed by atoms with Crippen molar-refractivity contribution >= 4 is 17.3 Å². The monoisotopic (exact) mass is 264 g/mol. The quantitative estimate of drug-likeness (QED) is 0.897. The van der Waals surface area contributed by atoms with Gasteiger partial charge >= 0.3 is 0 Å². The molecule has 0 radical (unpaired) electrons. The predicted molar refractivity (Wildman–Crippen MR) is 77.4 cm³/mol. The van der Waals surface area contributed by atoms with Crippen molar-refractivity contribution in [2.45, 2.75) is 38.3 Å². The Bertz CT molecular complexity index is 446. The standard InChI is InChI=1S/C15H21ClN2/c1-10(17-2)14-6-5-13(8-15(14)16)18-9-11-3-4-12(18)7-11/h5-6,8,10-12,17H,3-4,7,9H2,1-2H3. The van der Waals surface area contributed by atoms with Gasteiger partial charge in [0.05, 0.1) is 0 Å². The summed E-state index contributed by atoms with van der Waals surface area (Å²) < 4.78 is 0. The fourth-order valence-corrected chi connectivity index (χ4v) is 3.78. The third kappa shape index (κ3) is 2.02. The van der Waals surface area contributed by atoms with Crippen molar-refractivity contribution in [3.8, 4) is 0 Å². The lowest BCUT2D eigenvalue weighted by molar-refractivity contribution is 0.553. The van der Waals surface area contributed by atoms with Crippen LogP contribution in [0.1, 0.15) is 37.8 Å². The van der Waals surface area contributed by atoms with Crippen molar-refractivity contribution in [1.82, 2.24) is 5.32 Å². The number of piperidine rings is 1. The first kappa shape index (κ1) is 12.3. The highest BCUT2D eigenvalue weighted by Gasteiger charge is 2.37. The topological polar surface area (TPSA) is 15.3 Å². The molecule has 3 heteroatoms. The van der Waals surface area contributed by atoms with Crippen LogP contribution in [0.15, 0.2) is 18.2 Å². The second-order valence-corrected chi connectivity index (χ2v) is 6.11. The normalized spacial score (nSPS) is 27.8. The molecule has 1 N–H and O–H groups in total. The summed E-state index contributed by atoms with van der Waals surface area (Å²) in [5.74, 6) is 0.921. The first-order valence-corrected chi connectivity index (χ1v) is 7.30. The van der Waals surface area contributed by atoms with Gasteiger partial charge in [-0.25, -0.2) is 0 Å². The van der Waals surface area contributed by atoms with Crippen LogP contribution in [-0.4, -0.2) is 19.6 Å². The molecule has 3 atom stereocenters. The Hall–Kier alpha value is -0.730. The van der Waals surface area contributed by atoms with Gasteiger partial charge < -0.3 is 10.2 Å². The predicted octanol–water partition coefficient (Wildman–Crippen LogP) is 3.61. The largest absolute Gasteiger partial charge is 0.368 e. The molecule has 2 fully saturated rings. The number of anilines is 1. The molecular formula is C15H21ClN2. The molecule has 1 aliphatic carbocycles. The highest BCUT2D eigenvalue weighted by molar-refractivity contribution is 6.31. The number of benzene rings is 1. The van der Waals surface area contributed by atoms with Crippen LogP contribution in [0, 0.1) is 5.92 Å². The zero-order valence-electron chi connectivity index (χ0n) is 11.1. The number of halogens is 1. The second kappa shape index (κ2) is 4.75. The molecule has 3 rings (SSSR count). The van der Waals surface area contributed by atoms with E-state index < -0.39 is 0 Å². The van der Waals surface area contributed by atoms with E-state index in [-0.39, 0.29) is 0 Å². The van der Waals surface area contributed by atoms with Gasteiger partial charge in [-0.05, 0) is 56.8 Å². The van der Waals surface area contributed by atoms with E-state index in [4.69, 9.17) is 11.6 Å². The third-order valence-electron chi connectivity index (χ3n) is 4.62. The van der Waals surface area contributed by atoms with Crippen molar-refractivity contribution in [2.75, 3.05) is 18.5 Å². The molecule has 2 aliphatic rings. The maximum absolute atomic E-state index is 6.42. The fraction of sp³-hybridized carbons (Fsp3) is 0.600. The Morgan fingerprint density at radius 3 is 2.78 bits per heavy atom. The van der Waals surface area contributed by atoms with E-state index in [2.05, 4.69) is 35.3 Å². The van der Waals surface area contributed by atoms with Crippen molar-refractivity contribution in [3.05, 3.63) is 28.8 Å². The lowest BCUT2D eigenvalue weighted by Gasteiger charge is -2.29. The SMILES string of the molecule is CNC(C)c1ccc(N2CC3CCC2C3)cc1Cl. The van der Waals surface area contributed by atoms with Gasteiger partial charge in [0.2, 0.25) is 0 Å². The summed E-state index contributed by atoms with van der Waals surface area (Å²) >= 11 is 6.42. The van der Waals surface area contributed by atoms with Gasteiger partial charge in [-0.3, -0.25) is 0 Å². The zero-order chi connectivity index (χ0) is 12.7. The molecule has 0 spiro atoms. The lowest BCUT2D eigenvalue weighted by atomic mass is 10.1. The van der Waals surface area contributed by atoms with E-state index in [0.29, 0.717) is 6.04 Å². The molecule has 1 aromatic carbocycles. The van der Waals surface area contributed by atoms with E-state index in [0.717, 1.165) is 17.0 Å². The molecule has 1 saturated heterocycles. The number of hydrogen-bond donors (Lipinski definition) is 1. The number of fused-ring (bicyclic) bond motifs is 2. The van der Waals surface area contributed by atoms with Gasteiger partial charge in [-0.2, -0.15) is 0 Å². The van der Waals surface area contributed by atoms with Gasteiger partial charge in [0.1, 0.15) is 0 Å². The average Bonchev–Trinajstić information content (AvgIpc) is 3.00. The smallest absolute Gasteiger partial charge is 0.0474 e. The van der Waals surface area contributed by atoms with Gasteiger partial charge in [0, 0.05) is 29.3 Å². The molecule has 2 nitrogen and oxygen atoms in total. The summed E-state index contributed by atoms with van der Waals surface area (Å²) in [4.78, 5) is 2.55. The number of nitrogens with one attached hydrogen (secondary N) is 1. The molecular weight excluding hydrogens is 244 g/mol. The van der Waals surface area contributed by atoms with Crippen molar-refractivity contribution < 1.29 is 0 Å². The molecule has 98 valence electrons. The Balaban J connectivity index is 1.84. The zero-order valence-corrected chi connectivity index (χ0v) is 11.9. The van der Waals surface area contributed by atoms with Crippen molar-refractivity contribution in [1.29, 1.82) is 0 Å². The Labute approximate surface area is 114 Å². The molecule has 0 aromatic heterocycles. The fourth-order valence-electron chi connectivity index (χ4n) is 3.44. The minimum atomic E-state index is 0.307. The van der Waals surface area contributed by atoms with Crippen molar-refractivity contribution in [2.24, 2.45) is 5.92 Å². The summed E-state index contributed by atoms with van der Waals surface area (Å²) in [6.07, 6.45) is 4.16. The maximum Gasteiger partial charge on any atom is 0.0474 e. The van der Waals surface area contributed by atoms with E-state index in [1.807, 2.05) is 7.05 Å². The maximum atomic E-state index is 6.42. The molecule has 1 heterocycles. The summed E-state index contributed by atoms with van der Waals surface area (Å²) in [5.41, 5.74) is 2.49. The number of rotatable bonds is 3. The summed E-state index contributed by atoms with van der Waals surface area (Å²) in [7, 11) is 1.97. The van der Waals surface area contributed by atoms with E-state index in [1.54, 1.807) is 0 Å². The molecule has 18 heavy (non-hydrogen) atoms. The van der Waals surface area contributed by atoms with Crippen LogP contribution in [0.4, 0.5) is 5.69 Å². The van der Waals surface area contributed by atoms with Crippen LogP contribution in [0.3, 0.4) is 0 Å². The van der Waals surface area contributed by atoms with Crippen LogP contribution in [-0.2, 0) is 0 Å². The van der Waals surface area contributed by atoms with Gasteiger partial charge in [-0.15, -0.1) is 0 Å². The first-order valence-electron chi connectivity index (χ1n) is 6.92. The summed E-state index contributed by atoms with van der Waals surface area (Å²) in [6, 6.07) is 7.62. The number of hydrogen-bond acceptors (Lipinski definition) is 2. The second-order valence-electron chi connectivity index (χ2n) is 5.70. The molecule has 1 aromatic rings. The molecule has 1 saturated carbocycles. The highest BCUT2D eigenvalue weighted by atomic mass is 35.5. The van der Waals surface area contributed by atoms with Crippen LogP contribution in [0.2, 0.25) is 5.02 Å². The Kier molecular flexibility index (Phi) is 3.25. The van der Waals surface area contributed by atoms with Gasteiger partial charge in [0.15, 0.2) is 0 Å². The lowest BCUT2D eigenvalue weighted by Crippen LogP contribution is -2.31. The first-order chi connectivity index (χ1) is 8.69. The molecule has 2 bridgehead atoms. The van der Waals surface area contributed by atoms with E-state index in [1.165, 1.54) is 37.1 Å². The third-order valence-corrected chi connectivity index (χ3v) is 4.95. The van der Waals surface area contributed by atoms with Crippen LogP contribution in [0.5, 0.6) is 0 Å². The average molecular weight is 265 g/mol. The summed E-state index contributed by atoms with van der Waals surface area (Å²) in [5, 5.41) is 4.13. The number of nitrogens with zero attached hydrogens (tertiary/aromatic N) is 1. The van der Waals surface area contributed by atoms with E-state index in [9.17, 15) is 0 Å². The molecule has 3 unspecified atom stereocenters. The highest BCUT2D eigenvalue weighted by Crippen LogP contribution is 2.41. The minimum Gasteiger partial charge on any atom is -0.368 e. The van der Waals surface area contributed by atoms with Crippen LogP contribution in [0.25, 0.3) is 0 Å². The van der Waals surface area contributed by atoms with Gasteiger partial charge in [0.25, 0.3) is 0 Å². The van der Waals surface area contributed by atoms with Crippen molar-refractivity contribution in [3.63, 3.8) is 0 Å². The minimum absolute atomic E-state index is 0.307. The molecule has 1 aliphatic heterocycles. The van der Waals surface area contributed by atoms with Crippen LogP contribution >= 0.6 is 11.6 Å². The Morgan fingerprint density at radius 1 is 1.39 bits per heavy atom. The van der Waals surface area contributed by atoms with Gasteiger partial charge in [-0.1, -0.05) is 17.7 Å². The van der Waals surface area contributed by atoms with E-state index >= 15 is 0 Å². The van der Waals surface area contributed by atoms with Crippen LogP contribution < -0.4 is 10.2 Å². The molecule has 0 amide bonds.